The largest absolute Gasteiger partial charge is 0.480 e. The Hall–Kier alpha value is -1.79. The van der Waals surface area contributed by atoms with Crippen LogP contribution in [0.2, 0.25) is 0 Å². The Kier molecular flexibility index (Phi) is 4.15. The van der Waals surface area contributed by atoms with Crippen LogP contribution in [-0.4, -0.2) is 53.1 Å². The number of carboxylic acid groups (broad SMARTS) is 1. The zero-order valence-electron chi connectivity index (χ0n) is 10.8. The molecule has 0 radical (unpaired) electrons. The monoisotopic (exact) mass is 257 g/mol. The fourth-order valence-electron chi connectivity index (χ4n) is 1.18. The highest BCUT2D eigenvalue weighted by Gasteiger charge is 2.35. The molecule has 1 aliphatic rings. The van der Waals surface area contributed by atoms with Crippen molar-refractivity contribution in [3.63, 3.8) is 0 Å². The average molecular weight is 257 g/mol. The number of amides is 3. The Labute approximate surface area is 106 Å². The first-order valence-electron chi connectivity index (χ1n) is 5.79. The lowest BCUT2D eigenvalue weighted by atomic mass is 10.1. The standard InChI is InChI=1S/C11H19N3O4/c1-11(2,9(16)17)14(3)10(18)12-6-8(15)13-7-4-5-7/h7H,4-6H2,1-3H3,(H,12,18)(H,13,15)(H,16,17). The van der Waals surface area contributed by atoms with Crippen LogP contribution in [0.1, 0.15) is 26.7 Å². The van der Waals surface area contributed by atoms with Gasteiger partial charge in [0.25, 0.3) is 0 Å². The van der Waals surface area contributed by atoms with Crippen LogP contribution in [0.15, 0.2) is 0 Å². The normalized spacial score (nSPS) is 14.8. The molecule has 18 heavy (non-hydrogen) atoms. The molecular weight excluding hydrogens is 238 g/mol. The van der Waals surface area contributed by atoms with Crippen LogP contribution < -0.4 is 10.6 Å². The van der Waals surface area contributed by atoms with E-state index in [1.54, 1.807) is 0 Å². The smallest absolute Gasteiger partial charge is 0.329 e. The number of nitrogens with one attached hydrogen (secondary N) is 2. The Morgan fingerprint density at radius 2 is 1.89 bits per heavy atom. The predicted octanol–water partition coefficient (Wildman–Crippen LogP) is -0.230. The van der Waals surface area contributed by atoms with Crippen LogP contribution in [0.4, 0.5) is 4.79 Å². The summed E-state index contributed by atoms with van der Waals surface area (Å²) in [7, 11) is 1.38. The van der Waals surface area contributed by atoms with Crippen molar-refractivity contribution in [2.45, 2.75) is 38.3 Å². The lowest BCUT2D eigenvalue weighted by Crippen LogP contribution is -2.55. The number of rotatable bonds is 5. The van der Waals surface area contributed by atoms with E-state index in [1.807, 2.05) is 0 Å². The summed E-state index contributed by atoms with van der Waals surface area (Å²) in [5, 5.41) is 14.1. The van der Waals surface area contributed by atoms with Gasteiger partial charge in [-0.2, -0.15) is 0 Å². The Balaban J connectivity index is 2.39. The second-order valence-corrected chi connectivity index (χ2v) is 4.92. The van der Waals surface area contributed by atoms with Crippen LogP contribution in [0, 0.1) is 0 Å². The number of carboxylic acids is 1. The Morgan fingerprint density at radius 3 is 2.33 bits per heavy atom. The van der Waals surface area contributed by atoms with Gasteiger partial charge in [0.05, 0.1) is 6.54 Å². The van der Waals surface area contributed by atoms with E-state index in [4.69, 9.17) is 5.11 Å². The van der Waals surface area contributed by atoms with E-state index in [0.29, 0.717) is 0 Å². The van der Waals surface area contributed by atoms with Gasteiger partial charge in [-0.15, -0.1) is 0 Å². The van der Waals surface area contributed by atoms with Crippen LogP contribution >= 0.6 is 0 Å². The van der Waals surface area contributed by atoms with E-state index >= 15 is 0 Å². The van der Waals surface area contributed by atoms with Gasteiger partial charge in [-0.25, -0.2) is 9.59 Å². The van der Waals surface area contributed by atoms with Gasteiger partial charge in [-0.1, -0.05) is 0 Å². The molecule has 7 nitrogen and oxygen atoms in total. The summed E-state index contributed by atoms with van der Waals surface area (Å²) in [4.78, 5) is 35.0. The van der Waals surface area contributed by atoms with Gasteiger partial charge in [0, 0.05) is 13.1 Å². The van der Waals surface area contributed by atoms with Crippen LogP contribution in [0.25, 0.3) is 0 Å². The summed E-state index contributed by atoms with van der Waals surface area (Å²) in [6, 6.07) is -0.351. The molecule has 0 aromatic carbocycles. The highest BCUT2D eigenvalue weighted by molar-refractivity contribution is 5.88. The van der Waals surface area contributed by atoms with E-state index < -0.39 is 17.5 Å². The molecule has 3 amide bonds. The lowest BCUT2D eigenvalue weighted by Gasteiger charge is -2.31. The molecule has 102 valence electrons. The molecule has 0 saturated heterocycles. The van der Waals surface area contributed by atoms with Crippen LogP contribution in [-0.2, 0) is 9.59 Å². The van der Waals surface area contributed by atoms with Crippen LogP contribution in [0.5, 0.6) is 0 Å². The molecule has 0 unspecified atom stereocenters. The number of hydrogen-bond acceptors (Lipinski definition) is 3. The van der Waals surface area contributed by atoms with Crippen molar-refractivity contribution in [1.82, 2.24) is 15.5 Å². The third kappa shape index (κ3) is 3.61. The second-order valence-electron chi connectivity index (χ2n) is 4.92. The summed E-state index contributed by atoms with van der Waals surface area (Å²) in [6.07, 6.45) is 1.96. The second kappa shape index (κ2) is 5.24. The lowest BCUT2D eigenvalue weighted by molar-refractivity contribution is -0.146. The molecule has 1 fully saturated rings. The van der Waals surface area contributed by atoms with E-state index in [1.165, 1.54) is 20.9 Å². The summed E-state index contributed by atoms with van der Waals surface area (Å²) in [6.45, 7) is 2.69. The van der Waals surface area contributed by atoms with Gasteiger partial charge in [-0.3, -0.25) is 4.79 Å². The molecule has 0 heterocycles. The highest BCUT2D eigenvalue weighted by Crippen LogP contribution is 2.18. The molecule has 1 aliphatic carbocycles. The fraction of sp³-hybridized carbons (Fsp3) is 0.727. The van der Waals surface area contributed by atoms with Gasteiger partial charge in [0.15, 0.2) is 0 Å². The first-order chi connectivity index (χ1) is 8.25. The van der Waals surface area contributed by atoms with E-state index in [-0.39, 0.29) is 18.5 Å². The maximum atomic E-state index is 11.7. The zero-order chi connectivity index (χ0) is 13.9. The topological polar surface area (TPSA) is 98.7 Å². The molecule has 7 heteroatoms. The molecule has 0 aliphatic heterocycles. The van der Waals surface area contributed by atoms with Crippen molar-refractivity contribution < 1.29 is 19.5 Å². The number of carbonyl (C=O) groups is 3. The molecule has 0 spiro atoms. The quantitative estimate of drug-likeness (QED) is 0.633. The zero-order valence-corrected chi connectivity index (χ0v) is 10.8. The Morgan fingerprint density at radius 1 is 1.33 bits per heavy atom. The van der Waals surface area contributed by atoms with Crippen molar-refractivity contribution in [3.8, 4) is 0 Å². The first kappa shape index (κ1) is 14.3. The minimum atomic E-state index is -1.32. The van der Waals surface area contributed by atoms with Gasteiger partial charge in [0.2, 0.25) is 5.91 Å². The van der Waals surface area contributed by atoms with Gasteiger partial charge in [0.1, 0.15) is 5.54 Å². The number of nitrogens with zero attached hydrogens (tertiary/aromatic N) is 1. The summed E-state index contributed by atoms with van der Waals surface area (Å²) < 4.78 is 0. The maximum absolute atomic E-state index is 11.7. The number of carbonyl (C=O) groups excluding carboxylic acids is 2. The SMILES string of the molecule is CN(C(=O)NCC(=O)NC1CC1)C(C)(C)C(=O)O. The molecule has 1 rings (SSSR count). The number of urea groups is 1. The van der Waals surface area contributed by atoms with Gasteiger partial charge >= 0.3 is 12.0 Å². The molecule has 0 atom stereocenters. The minimum absolute atomic E-state index is 0.143. The maximum Gasteiger partial charge on any atom is 0.329 e. The predicted molar refractivity (Wildman–Crippen MR) is 64.0 cm³/mol. The van der Waals surface area contributed by atoms with Crippen molar-refractivity contribution in [1.29, 1.82) is 0 Å². The number of likely N-dealkylation sites (N-methyl/N-ethyl adjacent to an activating group) is 1. The third-order valence-electron chi connectivity index (χ3n) is 3.01. The van der Waals surface area contributed by atoms with Crippen molar-refractivity contribution in [2.75, 3.05) is 13.6 Å². The Bertz CT molecular complexity index is 363. The molecule has 0 aromatic heterocycles. The third-order valence-corrected chi connectivity index (χ3v) is 3.01. The fourth-order valence-corrected chi connectivity index (χ4v) is 1.18. The van der Waals surface area contributed by atoms with Gasteiger partial charge < -0.3 is 20.6 Å². The summed E-state index contributed by atoms with van der Waals surface area (Å²) in [5.74, 6) is -1.37. The van der Waals surface area contributed by atoms with Crippen molar-refractivity contribution in [2.24, 2.45) is 0 Å². The molecule has 3 N–H and O–H groups in total. The molecule has 0 aromatic rings. The van der Waals surface area contributed by atoms with E-state index in [9.17, 15) is 14.4 Å². The van der Waals surface area contributed by atoms with Crippen LogP contribution in [0.3, 0.4) is 0 Å². The average Bonchev–Trinajstić information content (AvgIpc) is 3.08. The number of hydrogen-bond donors (Lipinski definition) is 3. The highest BCUT2D eigenvalue weighted by atomic mass is 16.4. The van der Waals surface area contributed by atoms with Gasteiger partial charge in [-0.05, 0) is 26.7 Å². The first-order valence-corrected chi connectivity index (χ1v) is 5.79. The van der Waals surface area contributed by atoms with E-state index in [2.05, 4.69) is 10.6 Å². The summed E-state index contributed by atoms with van der Waals surface area (Å²) >= 11 is 0. The number of aliphatic carboxylic acids is 1. The molecule has 0 bridgehead atoms. The molecule has 1 saturated carbocycles. The minimum Gasteiger partial charge on any atom is -0.480 e. The van der Waals surface area contributed by atoms with Crippen molar-refractivity contribution in [3.05, 3.63) is 0 Å². The molecular formula is C11H19N3O4. The summed E-state index contributed by atoms with van der Waals surface area (Å²) in [5.41, 5.74) is -1.32. The van der Waals surface area contributed by atoms with Crippen molar-refractivity contribution >= 4 is 17.9 Å². The van der Waals surface area contributed by atoms with E-state index in [0.717, 1.165) is 17.7 Å².